The third kappa shape index (κ3) is 4.72. The number of pyridine rings is 1. The minimum absolute atomic E-state index is 0.0414. The number of benzene rings is 1. The van der Waals surface area contributed by atoms with Gasteiger partial charge in [0.15, 0.2) is 0 Å². The lowest BCUT2D eigenvalue weighted by Crippen LogP contribution is -2.36. The van der Waals surface area contributed by atoms with E-state index in [0.29, 0.717) is 39.1 Å². The van der Waals surface area contributed by atoms with Crippen LogP contribution in [-0.2, 0) is 33.8 Å². The van der Waals surface area contributed by atoms with Crippen molar-refractivity contribution in [3.8, 4) is 0 Å². The molecule has 0 unspecified atom stereocenters. The summed E-state index contributed by atoms with van der Waals surface area (Å²) >= 11 is 0. The van der Waals surface area contributed by atoms with E-state index < -0.39 is 5.97 Å². The lowest BCUT2D eigenvalue weighted by Gasteiger charge is -2.28. The van der Waals surface area contributed by atoms with Gasteiger partial charge < -0.3 is 14.2 Å². The Balaban J connectivity index is 1.53. The summed E-state index contributed by atoms with van der Waals surface area (Å²) in [6.45, 7) is 3.70. The van der Waals surface area contributed by atoms with Crippen LogP contribution in [0.1, 0.15) is 36.6 Å². The van der Waals surface area contributed by atoms with E-state index in [1.807, 2.05) is 17.0 Å². The van der Waals surface area contributed by atoms with Crippen LogP contribution >= 0.6 is 0 Å². The molecule has 7 heteroatoms. The van der Waals surface area contributed by atoms with Crippen molar-refractivity contribution in [1.29, 1.82) is 0 Å². The zero-order valence-electron chi connectivity index (χ0n) is 18.1. The maximum atomic E-state index is 13.7. The fourth-order valence-corrected chi connectivity index (χ4v) is 4.20. The summed E-state index contributed by atoms with van der Waals surface area (Å²) in [6.07, 6.45) is 6.36. The summed E-state index contributed by atoms with van der Waals surface area (Å²) in [7, 11) is 0. The summed E-state index contributed by atoms with van der Waals surface area (Å²) in [5.74, 6) is -0.620. The maximum absolute atomic E-state index is 13.7. The molecule has 1 aliphatic rings. The quantitative estimate of drug-likeness (QED) is 0.416. The zero-order valence-corrected chi connectivity index (χ0v) is 18.1. The SMILES string of the molecule is CCOC(=O)/C=C\CCC(=O)N1CCc2c(n(Cc3cccc(F)c3)c3ncccc23)C1. The van der Waals surface area contributed by atoms with Crippen molar-refractivity contribution >= 4 is 22.9 Å². The second-order valence-corrected chi connectivity index (χ2v) is 7.77. The van der Waals surface area contributed by atoms with E-state index in [9.17, 15) is 14.0 Å². The van der Waals surface area contributed by atoms with Crippen LogP contribution in [0.25, 0.3) is 11.0 Å². The van der Waals surface area contributed by atoms with Gasteiger partial charge in [0.05, 0.1) is 13.2 Å². The topological polar surface area (TPSA) is 64.4 Å². The highest BCUT2D eigenvalue weighted by Crippen LogP contribution is 2.31. The van der Waals surface area contributed by atoms with Crippen LogP contribution in [-0.4, -0.2) is 39.5 Å². The summed E-state index contributed by atoms with van der Waals surface area (Å²) in [5.41, 5.74) is 3.96. The summed E-state index contributed by atoms with van der Waals surface area (Å²) in [4.78, 5) is 30.6. The Kier molecular flexibility index (Phi) is 6.63. The molecule has 1 aromatic carbocycles. The molecule has 0 bridgehead atoms. The van der Waals surface area contributed by atoms with Gasteiger partial charge >= 0.3 is 5.97 Å². The monoisotopic (exact) mass is 435 g/mol. The largest absolute Gasteiger partial charge is 0.463 e. The Bertz CT molecular complexity index is 1170. The predicted octanol–water partition coefficient (Wildman–Crippen LogP) is 4.01. The molecule has 2 aromatic heterocycles. The van der Waals surface area contributed by atoms with Crippen LogP contribution < -0.4 is 0 Å². The number of amides is 1. The van der Waals surface area contributed by atoms with Crippen LogP contribution in [0.3, 0.4) is 0 Å². The number of carbonyl (C=O) groups is 2. The number of esters is 1. The predicted molar refractivity (Wildman–Crippen MR) is 119 cm³/mol. The normalized spacial score (nSPS) is 13.5. The molecule has 3 aromatic rings. The van der Waals surface area contributed by atoms with Gasteiger partial charge in [0.2, 0.25) is 5.91 Å². The minimum Gasteiger partial charge on any atom is -0.463 e. The minimum atomic E-state index is -0.392. The molecule has 0 saturated carbocycles. The smallest absolute Gasteiger partial charge is 0.330 e. The molecule has 0 aliphatic carbocycles. The van der Waals surface area contributed by atoms with E-state index in [-0.39, 0.29) is 11.7 Å². The van der Waals surface area contributed by atoms with Crippen molar-refractivity contribution in [3.05, 3.63) is 77.4 Å². The lowest BCUT2D eigenvalue weighted by atomic mass is 10.0. The Morgan fingerprint density at radius 3 is 2.94 bits per heavy atom. The summed E-state index contributed by atoms with van der Waals surface area (Å²) in [6, 6.07) is 10.5. The van der Waals surface area contributed by atoms with Gasteiger partial charge in [-0.3, -0.25) is 4.79 Å². The first-order chi connectivity index (χ1) is 15.6. The number of aromatic nitrogens is 2. The number of rotatable bonds is 7. The molecule has 1 amide bonds. The highest BCUT2D eigenvalue weighted by Gasteiger charge is 2.26. The Hall–Kier alpha value is -3.48. The number of carbonyl (C=O) groups excluding carboxylic acids is 2. The van der Waals surface area contributed by atoms with Gasteiger partial charge in [-0.05, 0) is 55.2 Å². The van der Waals surface area contributed by atoms with Crippen molar-refractivity contribution < 1.29 is 18.7 Å². The number of allylic oxidation sites excluding steroid dienone is 1. The van der Waals surface area contributed by atoms with Crippen molar-refractivity contribution in [3.63, 3.8) is 0 Å². The molecule has 32 heavy (non-hydrogen) atoms. The lowest BCUT2D eigenvalue weighted by molar-refractivity contribution is -0.137. The van der Waals surface area contributed by atoms with E-state index in [0.717, 1.165) is 28.7 Å². The molecule has 6 nitrogen and oxygen atoms in total. The maximum Gasteiger partial charge on any atom is 0.330 e. The number of fused-ring (bicyclic) bond motifs is 3. The number of ether oxygens (including phenoxy) is 1. The molecule has 0 radical (unpaired) electrons. The second-order valence-electron chi connectivity index (χ2n) is 7.77. The molecular formula is C25H26FN3O3. The van der Waals surface area contributed by atoms with Crippen LogP contribution in [0, 0.1) is 5.82 Å². The van der Waals surface area contributed by atoms with E-state index in [1.54, 1.807) is 25.3 Å². The Labute approximate surface area is 186 Å². The summed E-state index contributed by atoms with van der Waals surface area (Å²) in [5, 5.41) is 1.09. The van der Waals surface area contributed by atoms with Gasteiger partial charge in [-0.15, -0.1) is 0 Å². The zero-order chi connectivity index (χ0) is 22.5. The number of hydrogen-bond donors (Lipinski definition) is 0. The molecule has 0 spiro atoms. The molecule has 4 rings (SSSR count). The first-order valence-electron chi connectivity index (χ1n) is 10.9. The van der Waals surface area contributed by atoms with Crippen LogP contribution in [0.4, 0.5) is 4.39 Å². The van der Waals surface area contributed by atoms with Gasteiger partial charge in [0, 0.05) is 42.9 Å². The van der Waals surface area contributed by atoms with Gasteiger partial charge in [-0.2, -0.15) is 0 Å². The molecule has 3 heterocycles. The van der Waals surface area contributed by atoms with Gasteiger partial charge in [-0.25, -0.2) is 14.2 Å². The van der Waals surface area contributed by atoms with E-state index in [2.05, 4.69) is 15.6 Å². The van der Waals surface area contributed by atoms with E-state index in [4.69, 9.17) is 4.74 Å². The average Bonchev–Trinajstić information content (AvgIpc) is 3.10. The number of hydrogen-bond acceptors (Lipinski definition) is 4. The third-order valence-electron chi connectivity index (χ3n) is 5.66. The van der Waals surface area contributed by atoms with Gasteiger partial charge in [0.25, 0.3) is 0 Å². The van der Waals surface area contributed by atoms with E-state index >= 15 is 0 Å². The fourth-order valence-electron chi connectivity index (χ4n) is 4.20. The molecule has 0 N–H and O–H groups in total. The second kappa shape index (κ2) is 9.77. The standard InChI is InChI=1S/C25H26FN3O3/c1-2-32-24(31)11-4-3-10-23(30)28-14-12-20-21-9-6-13-27-25(21)29(22(20)17-28)16-18-7-5-8-19(26)15-18/h4-9,11,13,15H,2-3,10,12,14,16-17H2,1H3/b11-4-. The molecule has 0 atom stereocenters. The van der Waals surface area contributed by atoms with Gasteiger partial charge in [0.1, 0.15) is 11.5 Å². The molecule has 1 aliphatic heterocycles. The number of halogens is 1. The van der Waals surface area contributed by atoms with Crippen LogP contribution in [0.15, 0.2) is 54.7 Å². The summed E-state index contributed by atoms with van der Waals surface area (Å²) < 4.78 is 20.7. The average molecular weight is 435 g/mol. The van der Waals surface area contributed by atoms with Gasteiger partial charge in [-0.1, -0.05) is 18.2 Å². The number of nitrogens with zero attached hydrogens (tertiary/aromatic N) is 3. The highest BCUT2D eigenvalue weighted by molar-refractivity contribution is 5.84. The molecule has 166 valence electrons. The fraction of sp³-hybridized carbons (Fsp3) is 0.320. The van der Waals surface area contributed by atoms with Crippen molar-refractivity contribution in [2.24, 2.45) is 0 Å². The molecule has 0 fully saturated rings. The third-order valence-corrected chi connectivity index (χ3v) is 5.66. The van der Waals surface area contributed by atoms with Crippen molar-refractivity contribution in [1.82, 2.24) is 14.5 Å². The van der Waals surface area contributed by atoms with Crippen LogP contribution in [0.2, 0.25) is 0 Å². The molecular weight excluding hydrogens is 409 g/mol. The highest BCUT2D eigenvalue weighted by atomic mass is 19.1. The molecule has 0 saturated heterocycles. The van der Waals surface area contributed by atoms with Crippen molar-refractivity contribution in [2.45, 2.75) is 39.3 Å². The van der Waals surface area contributed by atoms with Crippen LogP contribution in [0.5, 0.6) is 0 Å². The van der Waals surface area contributed by atoms with E-state index in [1.165, 1.54) is 23.8 Å². The Morgan fingerprint density at radius 1 is 1.25 bits per heavy atom. The first kappa shape index (κ1) is 21.7. The Morgan fingerprint density at radius 2 is 2.12 bits per heavy atom. The first-order valence-corrected chi connectivity index (χ1v) is 10.9. The van der Waals surface area contributed by atoms with Crippen molar-refractivity contribution in [2.75, 3.05) is 13.2 Å².